The van der Waals surface area contributed by atoms with E-state index in [1.54, 1.807) is 40.3 Å². The number of nitrogens with zero attached hydrogens (tertiary/aromatic N) is 3. The van der Waals surface area contributed by atoms with Crippen molar-refractivity contribution in [1.29, 1.82) is 0 Å². The number of halogens is 1. The first-order chi connectivity index (χ1) is 14.7. The van der Waals surface area contributed by atoms with E-state index in [1.807, 2.05) is 24.4 Å². The lowest BCUT2D eigenvalue weighted by Crippen LogP contribution is -2.50. The van der Waals surface area contributed by atoms with Crippen molar-refractivity contribution < 1.29 is 18.0 Å². The molecule has 1 fully saturated rings. The second-order valence-electron chi connectivity index (χ2n) is 7.43. The lowest BCUT2D eigenvalue weighted by Gasteiger charge is -2.34. The van der Waals surface area contributed by atoms with Gasteiger partial charge in [0.25, 0.3) is 0 Å². The Hall–Kier alpha value is -1.94. The summed E-state index contributed by atoms with van der Waals surface area (Å²) in [4.78, 5) is 29.6. The summed E-state index contributed by atoms with van der Waals surface area (Å²) < 4.78 is 26.9. The van der Waals surface area contributed by atoms with Gasteiger partial charge in [-0.05, 0) is 42.6 Å². The van der Waals surface area contributed by atoms with Gasteiger partial charge < -0.3 is 9.80 Å². The topological polar surface area (TPSA) is 78.0 Å². The average molecular weight is 484 g/mol. The van der Waals surface area contributed by atoms with Crippen LogP contribution in [0.1, 0.15) is 30.7 Å². The third-order valence-corrected chi connectivity index (χ3v) is 8.73. The second kappa shape index (κ2) is 10.1. The van der Waals surface area contributed by atoms with Crippen LogP contribution in [-0.2, 0) is 19.6 Å². The Labute approximate surface area is 192 Å². The van der Waals surface area contributed by atoms with Gasteiger partial charge in [-0.25, -0.2) is 8.42 Å². The summed E-state index contributed by atoms with van der Waals surface area (Å²) in [6.07, 6.45) is 0.249. The summed E-state index contributed by atoms with van der Waals surface area (Å²) in [6.45, 7) is 3.02. The van der Waals surface area contributed by atoms with Crippen molar-refractivity contribution in [1.82, 2.24) is 14.1 Å². The van der Waals surface area contributed by atoms with Gasteiger partial charge in [0.15, 0.2) is 0 Å². The first kappa shape index (κ1) is 23.7. The van der Waals surface area contributed by atoms with Crippen LogP contribution in [0.25, 0.3) is 0 Å². The van der Waals surface area contributed by atoms with Crippen molar-refractivity contribution in [2.75, 3.05) is 33.2 Å². The zero-order valence-electron chi connectivity index (χ0n) is 17.5. The predicted octanol–water partition coefficient (Wildman–Crippen LogP) is 3.23. The number of piperazine rings is 1. The Morgan fingerprint density at radius 1 is 1.10 bits per heavy atom. The molecule has 0 N–H and O–H groups in total. The Kier molecular flexibility index (Phi) is 7.74. The zero-order valence-corrected chi connectivity index (χ0v) is 19.9. The first-order valence-corrected chi connectivity index (χ1v) is 12.7. The van der Waals surface area contributed by atoms with Crippen LogP contribution in [0.15, 0.2) is 46.7 Å². The van der Waals surface area contributed by atoms with Gasteiger partial charge >= 0.3 is 0 Å². The number of sulfonamides is 1. The van der Waals surface area contributed by atoms with Crippen LogP contribution in [0.5, 0.6) is 0 Å². The van der Waals surface area contributed by atoms with E-state index in [1.165, 1.54) is 16.4 Å². The SMILES string of the molecule is C[C@H](c1cccs1)N(C)C(=O)CCC(=O)N1CCN(S(=O)(=O)c2ccc(Cl)cc2)CC1. The summed E-state index contributed by atoms with van der Waals surface area (Å²) >= 11 is 7.43. The number of thiophene rings is 1. The fourth-order valence-electron chi connectivity index (χ4n) is 3.42. The molecule has 10 heteroatoms. The van der Waals surface area contributed by atoms with E-state index in [0.29, 0.717) is 18.1 Å². The van der Waals surface area contributed by atoms with Gasteiger partial charge in [0.05, 0.1) is 10.9 Å². The fourth-order valence-corrected chi connectivity index (χ4v) is 5.79. The molecule has 0 bridgehead atoms. The maximum atomic E-state index is 12.8. The number of hydrogen-bond donors (Lipinski definition) is 0. The van der Waals surface area contributed by atoms with Gasteiger partial charge in [0, 0.05) is 56.0 Å². The minimum atomic E-state index is -3.62. The Bertz CT molecular complexity index is 1000. The van der Waals surface area contributed by atoms with Crippen LogP contribution in [0.2, 0.25) is 5.02 Å². The molecule has 2 aromatic rings. The van der Waals surface area contributed by atoms with Crippen LogP contribution in [0, 0.1) is 0 Å². The lowest BCUT2D eigenvalue weighted by molar-refractivity contribution is -0.138. The molecule has 0 unspecified atom stereocenters. The number of rotatable bonds is 7. The first-order valence-electron chi connectivity index (χ1n) is 10.0. The van der Waals surface area contributed by atoms with Crippen LogP contribution < -0.4 is 0 Å². The number of carbonyl (C=O) groups is 2. The monoisotopic (exact) mass is 483 g/mol. The van der Waals surface area contributed by atoms with Gasteiger partial charge in [-0.3, -0.25) is 9.59 Å². The van der Waals surface area contributed by atoms with E-state index >= 15 is 0 Å². The van der Waals surface area contributed by atoms with Crippen molar-refractivity contribution in [2.45, 2.75) is 30.7 Å². The molecule has 0 spiro atoms. The molecule has 0 radical (unpaired) electrons. The molecular weight excluding hydrogens is 458 g/mol. The van der Waals surface area contributed by atoms with Gasteiger partial charge in [-0.1, -0.05) is 17.7 Å². The van der Waals surface area contributed by atoms with Crippen LogP contribution in [0.3, 0.4) is 0 Å². The molecule has 1 atom stereocenters. The summed E-state index contributed by atoms with van der Waals surface area (Å²) in [5, 5.41) is 2.44. The highest BCUT2D eigenvalue weighted by Gasteiger charge is 2.30. The van der Waals surface area contributed by atoms with E-state index < -0.39 is 10.0 Å². The van der Waals surface area contributed by atoms with Gasteiger partial charge in [0.2, 0.25) is 21.8 Å². The van der Waals surface area contributed by atoms with E-state index in [0.717, 1.165) is 4.88 Å². The molecule has 1 aromatic carbocycles. The molecular formula is C21H26ClN3O4S2. The van der Waals surface area contributed by atoms with Gasteiger partial charge in [-0.2, -0.15) is 4.31 Å². The van der Waals surface area contributed by atoms with Crippen molar-refractivity contribution in [3.63, 3.8) is 0 Å². The summed E-state index contributed by atoms with van der Waals surface area (Å²) in [7, 11) is -1.87. The summed E-state index contributed by atoms with van der Waals surface area (Å²) in [5.41, 5.74) is 0. The van der Waals surface area contributed by atoms with E-state index in [2.05, 4.69) is 0 Å². The van der Waals surface area contributed by atoms with Gasteiger partial charge in [0.1, 0.15) is 0 Å². The maximum Gasteiger partial charge on any atom is 0.243 e. The highest BCUT2D eigenvalue weighted by Crippen LogP contribution is 2.24. The van der Waals surface area contributed by atoms with Crippen molar-refractivity contribution in [3.8, 4) is 0 Å². The smallest absolute Gasteiger partial charge is 0.243 e. The highest BCUT2D eigenvalue weighted by atomic mass is 35.5. The molecule has 31 heavy (non-hydrogen) atoms. The van der Waals surface area contributed by atoms with Gasteiger partial charge in [-0.15, -0.1) is 11.3 Å². The second-order valence-corrected chi connectivity index (χ2v) is 10.8. The lowest BCUT2D eigenvalue weighted by atomic mass is 10.2. The van der Waals surface area contributed by atoms with Crippen molar-refractivity contribution in [2.24, 2.45) is 0 Å². The molecule has 7 nitrogen and oxygen atoms in total. The van der Waals surface area contributed by atoms with E-state index in [-0.39, 0.29) is 48.7 Å². The zero-order chi connectivity index (χ0) is 22.6. The quantitative estimate of drug-likeness (QED) is 0.605. The molecule has 0 aliphatic carbocycles. The molecule has 1 saturated heterocycles. The Balaban J connectivity index is 1.49. The molecule has 0 saturated carbocycles. The molecule has 2 heterocycles. The number of carbonyl (C=O) groups excluding carboxylic acids is 2. The van der Waals surface area contributed by atoms with Crippen LogP contribution in [0.4, 0.5) is 0 Å². The summed E-state index contributed by atoms with van der Waals surface area (Å²) in [6, 6.07) is 9.95. The third-order valence-electron chi connectivity index (χ3n) is 5.52. The molecule has 1 aliphatic heterocycles. The number of amides is 2. The molecule has 3 rings (SSSR count). The minimum absolute atomic E-state index is 0.0378. The molecule has 1 aromatic heterocycles. The van der Waals surface area contributed by atoms with Crippen LogP contribution >= 0.6 is 22.9 Å². The highest BCUT2D eigenvalue weighted by molar-refractivity contribution is 7.89. The largest absolute Gasteiger partial charge is 0.340 e. The fraction of sp³-hybridized carbons (Fsp3) is 0.429. The number of benzene rings is 1. The summed E-state index contributed by atoms with van der Waals surface area (Å²) in [5.74, 6) is -0.215. The average Bonchev–Trinajstić information content (AvgIpc) is 3.31. The molecule has 2 amide bonds. The van der Waals surface area contributed by atoms with E-state index in [9.17, 15) is 18.0 Å². The maximum absolute atomic E-state index is 12.8. The Morgan fingerprint density at radius 3 is 2.32 bits per heavy atom. The Morgan fingerprint density at radius 2 is 1.74 bits per heavy atom. The molecule has 168 valence electrons. The van der Waals surface area contributed by atoms with E-state index in [4.69, 9.17) is 11.6 Å². The standard InChI is InChI=1S/C21H26ClN3O4S2/c1-16(19-4-3-15-30-19)23(2)20(26)9-10-21(27)24-11-13-25(14-12-24)31(28,29)18-7-5-17(22)6-8-18/h3-8,15-16H,9-14H2,1-2H3/t16-/m1/s1. The predicted molar refractivity (Wildman–Crippen MR) is 122 cm³/mol. The normalized spacial score (nSPS) is 16.2. The van der Waals surface area contributed by atoms with Crippen LogP contribution in [-0.4, -0.2) is 67.6 Å². The number of hydrogen-bond acceptors (Lipinski definition) is 5. The molecule has 1 aliphatic rings. The minimum Gasteiger partial charge on any atom is -0.340 e. The third kappa shape index (κ3) is 5.65. The van der Waals surface area contributed by atoms with Crippen molar-refractivity contribution >= 4 is 44.8 Å². The van der Waals surface area contributed by atoms with Crippen molar-refractivity contribution in [3.05, 3.63) is 51.7 Å².